The summed E-state index contributed by atoms with van der Waals surface area (Å²) >= 11 is 1.99. The number of hydrogen-bond donors (Lipinski definition) is 1. The zero-order chi connectivity index (χ0) is 10.2. The first-order valence-corrected chi connectivity index (χ1v) is 6.45. The first kappa shape index (κ1) is 11.9. The Morgan fingerprint density at radius 2 is 2.50 bits per heavy atom. The normalized spacial score (nSPS) is 21.9. The summed E-state index contributed by atoms with van der Waals surface area (Å²) < 4.78 is 4.85. The van der Waals surface area contributed by atoms with Crippen molar-refractivity contribution >= 4 is 17.7 Å². The standard InChI is InChI=1S/C10H19NO2S/c1-2-13-10(12)5-6-11-9-4-3-7-14-8-9/h9,11H,2-8H2,1H3. The molecule has 0 bridgehead atoms. The summed E-state index contributed by atoms with van der Waals surface area (Å²) in [7, 11) is 0. The van der Waals surface area contributed by atoms with Crippen LogP contribution in [0.15, 0.2) is 0 Å². The molecule has 0 aromatic carbocycles. The second kappa shape index (κ2) is 7.12. The minimum atomic E-state index is -0.0940. The van der Waals surface area contributed by atoms with Gasteiger partial charge < -0.3 is 10.1 Å². The lowest BCUT2D eigenvalue weighted by Gasteiger charge is -2.22. The van der Waals surface area contributed by atoms with E-state index in [1.807, 2.05) is 18.7 Å². The number of hydrogen-bond acceptors (Lipinski definition) is 4. The van der Waals surface area contributed by atoms with Crippen LogP contribution in [0.2, 0.25) is 0 Å². The molecule has 1 aliphatic rings. The van der Waals surface area contributed by atoms with Crippen molar-refractivity contribution in [2.75, 3.05) is 24.7 Å². The average Bonchev–Trinajstić information content (AvgIpc) is 2.20. The summed E-state index contributed by atoms with van der Waals surface area (Å²) in [5.74, 6) is 2.38. The Morgan fingerprint density at radius 1 is 1.64 bits per heavy atom. The van der Waals surface area contributed by atoms with Crippen molar-refractivity contribution in [3.63, 3.8) is 0 Å². The Labute approximate surface area is 90.0 Å². The SMILES string of the molecule is CCOC(=O)CCNC1CCCSC1. The Bertz CT molecular complexity index is 170. The highest BCUT2D eigenvalue weighted by Crippen LogP contribution is 2.16. The van der Waals surface area contributed by atoms with Crippen LogP contribution in [0, 0.1) is 0 Å². The second-order valence-electron chi connectivity index (χ2n) is 3.42. The fourth-order valence-corrected chi connectivity index (χ4v) is 2.62. The summed E-state index contributed by atoms with van der Waals surface area (Å²) in [5, 5.41) is 3.39. The molecule has 0 aliphatic carbocycles. The lowest BCUT2D eigenvalue weighted by molar-refractivity contribution is -0.142. The molecule has 3 nitrogen and oxygen atoms in total. The first-order valence-electron chi connectivity index (χ1n) is 5.29. The Kier molecular flexibility index (Phi) is 6.03. The van der Waals surface area contributed by atoms with Gasteiger partial charge in [-0.25, -0.2) is 0 Å². The highest BCUT2D eigenvalue weighted by atomic mass is 32.2. The highest BCUT2D eigenvalue weighted by Gasteiger charge is 2.13. The van der Waals surface area contributed by atoms with Gasteiger partial charge in [-0.05, 0) is 25.5 Å². The number of thioether (sulfide) groups is 1. The monoisotopic (exact) mass is 217 g/mol. The minimum Gasteiger partial charge on any atom is -0.466 e. The van der Waals surface area contributed by atoms with Crippen LogP contribution in [0.5, 0.6) is 0 Å². The minimum absolute atomic E-state index is 0.0940. The van der Waals surface area contributed by atoms with Crippen molar-refractivity contribution in [1.29, 1.82) is 0 Å². The first-order chi connectivity index (χ1) is 6.83. The number of rotatable bonds is 5. The molecule has 1 N–H and O–H groups in total. The van der Waals surface area contributed by atoms with E-state index in [4.69, 9.17) is 4.74 Å². The molecule has 1 rings (SSSR count). The van der Waals surface area contributed by atoms with Gasteiger partial charge in [-0.15, -0.1) is 0 Å². The number of carbonyl (C=O) groups is 1. The Hall–Kier alpha value is -0.220. The Morgan fingerprint density at radius 3 is 3.14 bits per heavy atom. The number of carbonyl (C=O) groups excluding carboxylic acids is 1. The topological polar surface area (TPSA) is 38.3 Å². The molecule has 1 aliphatic heterocycles. The van der Waals surface area contributed by atoms with Crippen molar-refractivity contribution in [2.45, 2.75) is 32.2 Å². The molecule has 0 saturated carbocycles. The largest absolute Gasteiger partial charge is 0.466 e. The molecule has 1 heterocycles. The molecule has 1 saturated heterocycles. The maximum absolute atomic E-state index is 11.0. The maximum Gasteiger partial charge on any atom is 0.307 e. The summed E-state index contributed by atoms with van der Waals surface area (Å²) in [6, 6.07) is 0.600. The van der Waals surface area contributed by atoms with Gasteiger partial charge in [-0.2, -0.15) is 11.8 Å². The van der Waals surface area contributed by atoms with Crippen molar-refractivity contribution in [1.82, 2.24) is 5.32 Å². The molecular weight excluding hydrogens is 198 g/mol. The fraction of sp³-hybridized carbons (Fsp3) is 0.900. The van der Waals surface area contributed by atoms with Gasteiger partial charge in [0.25, 0.3) is 0 Å². The van der Waals surface area contributed by atoms with E-state index >= 15 is 0 Å². The fourth-order valence-electron chi connectivity index (χ4n) is 1.51. The van der Waals surface area contributed by atoms with Gasteiger partial charge in [0.05, 0.1) is 13.0 Å². The molecule has 82 valence electrons. The summed E-state index contributed by atoms with van der Waals surface area (Å²) in [6.45, 7) is 3.07. The van der Waals surface area contributed by atoms with E-state index in [0.717, 1.165) is 6.54 Å². The van der Waals surface area contributed by atoms with Crippen LogP contribution in [0.3, 0.4) is 0 Å². The molecule has 1 unspecified atom stereocenters. The average molecular weight is 217 g/mol. The molecule has 14 heavy (non-hydrogen) atoms. The molecule has 0 amide bonds. The van der Waals surface area contributed by atoms with Gasteiger partial charge in [0.1, 0.15) is 0 Å². The van der Waals surface area contributed by atoms with Gasteiger partial charge in [0.15, 0.2) is 0 Å². The number of esters is 1. The van der Waals surface area contributed by atoms with E-state index in [1.54, 1.807) is 0 Å². The molecule has 0 spiro atoms. The summed E-state index contributed by atoms with van der Waals surface area (Å²) in [4.78, 5) is 11.0. The van der Waals surface area contributed by atoms with E-state index in [9.17, 15) is 4.79 Å². The predicted octanol–water partition coefficient (Wildman–Crippen LogP) is 1.42. The van der Waals surface area contributed by atoms with Crippen molar-refractivity contribution in [3.05, 3.63) is 0 Å². The van der Waals surface area contributed by atoms with Crippen molar-refractivity contribution in [2.24, 2.45) is 0 Å². The van der Waals surface area contributed by atoms with E-state index in [-0.39, 0.29) is 5.97 Å². The van der Waals surface area contributed by atoms with Crippen molar-refractivity contribution in [3.8, 4) is 0 Å². The van der Waals surface area contributed by atoms with Crippen molar-refractivity contribution < 1.29 is 9.53 Å². The molecule has 1 atom stereocenters. The maximum atomic E-state index is 11.0. The van der Waals surface area contributed by atoms with Crippen LogP contribution < -0.4 is 5.32 Å². The molecule has 0 aromatic heterocycles. The number of nitrogens with one attached hydrogen (secondary N) is 1. The third-order valence-electron chi connectivity index (χ3n) is 2.23. The van der Waals surface area contributed by atoms with E-state index in [2.05, 4.69) is 5.32 Å². The lowest BCUT2D eigenvalue weighted by atomic mass is 10.2. The van der Waals surface area contributed by atoms with Crippen LogP contribution >= 0.6 is 11.8 Å². The summed E-state index contributed by atoms with van der Waals surface area (Å²) in [6.07, 6.45) is 3.03. The zero-order valence-electron chi connectivity index (χ0n) is 8.75. The van der Waals surface area contributed by atoms with Gasteiger partial charge in [0.2, 0.25) is 0 Å². The predicted molar refractivity (Wildman–Crippen MR) is 59.6 cm³/mol. The van der Waals surface area contributed by atoms with Gasteiger partial charge in [-0.1, -0.05) is 0 Å². The third kappa shape index (κ3) is 4.86. The van der Waals surface area contributed by atoms with Crippen LogP contribution in [0.25, 0.3) is 0 Å². The second-order valence-corrected chi connectivity index (χ2v) is 4.57. The van der Waals surface area contributed by atoms with Crippen LogP contribution in [0.1, 0.15) is 26.2 Å². The smallest absolute Gasteiger partial charge is 0.307 e. The molecule has 0 radical (unpaired) electrons. The molecular formula is C10H19NO2S. The highest BCUT2D eigenvalue weighted by molar-refractivity contribution is 7.99. The van der Waals surface area contributed by atoms with Gasteiger partial charge in [0, 0.05) is 18.3 Å². The molecule has 1 fully saturated rings. The van der Waals surface area contributed by atoms with Gasteiger partial charge in [-0.3, -0.25) is 4.79 Å². The molecule has 0 aromatic rings. The van der Waals surface area contributed by atoms with Crippen LogP contribution in [-0.2, 0) is 9.53 Å². The van der Waals surface area contributed by atoms with Crippen LogP contribution in [-0.4, -0.2) is 36.7 Å². The summed E-state index contributed by atoms with van der Waals surface area (Å²) in [5.41, 5.74) is 0. The van der Waals surface area contributed by atoms with E-state index in [0.29, 0.717) is 19.1 Å². The van der Waals surface area contributed by atoms with E-state index in [1.165, 1.54) is 24.3 Å². The van der Waals surface area contributed by atoms with Gasteiger partial charge >= 0.3 is 5.97 Å². The Balaban J connectivity index is 1.99. The third-order valence-corrected chi connectivity index (χ3v) is 3.44. The molecule has 4 heteroatoms. The van der Waals surface area contributed by atoms with E-state index < -0.39 is 0 Å². The quantitative estimate of drug-likeness (QED) is 0.707. The zero-order valence-corrected chi connectivity index (χ0v) is 9.57. The number of ether oxygens (including phenoxy) is 1. The lowest BCUT2D eigenvalue weighted by Crippen LogP contribution is -2.35. The van der Waals surface area contributed by atoms with Crippen LogP contribution in [0.4, 0.5) is 0 Å².